The van der Waals surface area contributed by atoms with Gasteiger partial charge in [-0.25, -0.2) is 13.1 Å². The molecular formula is C21H29N7O2S. The van der Waals surface area contributed by atoms with E-state index in [-0.39, 0.29) is 18.0 Å². The first-order valence-corrected chi connectivity index (χ1v) is 11.1. The molecule has 0 radical (unpaired) electrons. The predicted octanol–water partition coefficient (Wildman–Crippen LogP) is 2.19. The number of H-pyrrole nitrogens is 1. The molecule has 0 aliphatic carbocycles. The van der Waals surface area contributed by atoms with Gasteiger partial charge in [-0.2, -0.15) is 5.10 Å². The van der Waals surface area contributed by atoms with Crippen LogP contribution in [0.2, 0.25) is 0 Å². The van der Waals surface area contributed by atoms with E-state index in [0.717, 1.165) is 17.9 Å². The number of nitrogens with one attached hydrogen (secondary N) is 2. The fourth-order valence-electron chi connectivity index (χ4n) is 2.73. The van der Waals surface area contributed by atoms with E-state index >= 15 is 0 Å². The molecule has 31 heavy (non-hydrogen) atoms. The molecule has 1 heterocycles. The van der Waals surface area contributed by atoms with Crippen molar-refractivity contribution in [3.05, 3.63) is 65.7 Å². The first kappa shape index (κ1) is 24.1. The third kappa shape index (κ3) is 6.92. The van der Waals surface area contributed by atoms with Crippen molar-refractivity contribution in [1.82, 2.24) is 14.9 Å². The van der Waals surface area contributed by atoms with Crippen LogP contribution in [0.25, 0.3) is 0 Å². The lowest BCUT2D eigenvalue weighted by Crippen LogP contribution is -2.29. The van der Waals surface area contributed by atoms with Crippen LogP contribution in [0.3, 0.4) is 0 Å². The highest BCUT2D eigenvalue weighted by Gasteiger charge is 2.13. The Bertz CT molecular complexity index is 1080. The molecule has 0 spiro atoms. The largest absolute Gasteiger partial charge is 0.384 e. The molecule has 0 amide bonds. The van der Waals surface area contributed by atoms with Crippen LogP contribution < -0.4 is 21.1 Å². The maximum absolute atomic E-state index is 11.6. The van der Waals surface area contributed by atoms with E-state index in [1.54, 1.807) is 12.1 Å². The number of hydrogen-bond donors (Lipinski definition) is 4. The van der Waals surface area contributed by atoms with Crippen molar-refractivity contribution in [2.45, 2.75) is 18.4 Å². The van der Waals surface area contributed by atoms with Crippen LogP contribution in [-0.2, 0) is 16.6 Å². The molecule has 166 valence electrons. The van der Waals surface area contributed by atoms with Crippen molar-refractivity contribution in [3.63, 3.8) is 0 Å². The van der Waals surface area contributed by atoms with Gasteiger partial charge in [0.1, 0.15) is 5.82 Å². The van der Waals surface area contributed by atoms with E-state index in [9.17, 15) is 8.42 Å². The average molecular weight is 444 g/mol. The van der Waals surface area contributed by atoms with E-state index in [4.69, 9.17) is 11.5 Å². The zero-order chi connectivity index (χ0) is 22.9. The lowest BCUT2D eigenvalue weighted by atomic mass is 10.2. The summed E-state index contributed by atoms with van der Waals surface area (Å²) < 4.78 is 25.6. The third-order valence-corrected chi connectivity index (χ3v) is 5.85. The molecule has 3 aromatic rings. The lowest BCUT2D eigenvalue weighted by molar-refractivity contribution is 0.582. The summed E-state index contributed by atoms with van der Waals surface area (Å²) in [6.45, 7) is 6.60. The summed E-state index contributed by atoms with van der Waals surface area (Å²) in [5.74, 6) is 1.54. The van der Waals surface area contributed by atoms with Crippen molar-refractivity contribution in [1.29, 1.82) is 0 Å². The summed E-state index contributed by atoms with van der Waals surface area (Å²) in [6, 6.07) is 16.5. The summed E-state index contributed by atoms with van der Waals surface area (Å²) in [4.78, 5) is 5.91. The number of nitrogens with zero attached hydrogens (tertiary/aromatic N) is 3. The quantitative estimate of drug-likeness (QED) is 0.393. The molecular weight excluding hydrogens is 414 g/mol. The number of aromatic nitrogens is 2. The van der Waals surface area contributed by atoms with E-state index in [1.807, 2.05) is 32.2 Å². The van der Waals surface area contributed by atoms with Crippen molar-refractivity contribution in [2.75, 3.05) is 30.8 Å². The maximum atomic E-state index is 11.6. The Morgan fingerprint density at radius 2 is 1.90 bits per heavy atom. The van der Waals surface area contributed by atoms with Gasteiger partial charge in [-0.05, 0) is 37.4 Å². The van der Waals surface area contributed by atoms with Crippen LogP contribution in [0.4, 0.5) is 17.3 Å². The van der Waals surface area contributed by atoms with Gasteiger partial charge in [0, 0.05) is 32.2 Å². The Morgan fingerprint density at radius 1 is 1.19 bits per heavy atom. The third-order valence-electron chi connectivity index (χ3n) is 4.39. The van der Waals surface area contributed by atoms with Gasteiger partial charge in [-0.3, -0.25) is 10.1 Å². The van der Waals surface area contributed by atoms with Gasteiger partial charge < -0.3 is 16.4 Å². The first-order valence-electron chi connectivity index (χ1n) is 9.60. The summed E-state index contributed by atoms with van der Waals surface area (Å²) in [6.07, 6.45) is 0. The molecule has 0 aliphatic rings. The second-order valence-corrected chi connectivity index (χ2v) is 8.54. The molecule has 10 heteroatoms. The molecule has 0 saturated heterocycles. The topological polar surface area (TPSA) is 142 Å². The molecule has 0 aliphatic heterocycles. The number of hydrogen-bond acceptors (Lipinski definition) is 7. The van der Waals surface area contributed by atoms with E-state index in [0.29, 0.717) is 11.5 Å². The Morgan fingerprint density at radius 3 is 2.48 bits per heavy atom. The SMILES string of the molecule is C=Nc1cccc(S(=O)(=O)NCCN)c1.Cc1c(N(C)Cc2ccccc2)n[nH]c1N. The number of benzene rings is 2. The van der Waals surface area contributed by atoms with Crippen molar-refractivity contribution in [3.8, 4) is 0 Å². The standard InChI is InChI=1S/C12H16N4.C9H13N3O2S/c1-9-11(13)14-15-12(9)16(2)8-10-6-4-3-5-7-10;1-11-8-3-2-4-9(7-8)15(13,14)12-6-5-10/h3-7H,8H2,1-2H3,(H3,13,14,15);2-4,7,12H,1,5-6,10H2. The van der Waals surface area contributed by atoms with E-state index in [1.165, 1.54) is 17.7 Å². The molecule has 0 fully saturated rings. The van der Waals surface area contributed by atoms with E-state index < -0.39 is 10.0 Å². The Kier molecular flexibility index (Phi) is 8.74. The minimum absolute atomic E-state index is 0.167. The smallest absolute Gasteiger partial charge is 0.240 e. The van der Waals surface area contributed by atoms with E-state index in [2.05, 4.69) is 43.7 Å². The number of aliphatic imine (C=N–C) groups is 1. The second-order valence-electron chi connectivity index (χ2n) is 6.77. The van der Waals surface area contributed by atoms with Crippen molar-refractivity contribution in [2.24, 2.45) is 10.7 Å². The van der Waals surface area contributed by atoms with Crippen LogP contribution in [-0.4, -0.2) is 45.5 Å². The highest BCUT2D eigenvalue weighted by Crippen LogP contribution is 2.21. The number of aromatic amines is 1. The van der Waals surface area contributed by atoms with Crippen LogP contribution in [0.5, 0.6) is 0 Å². The van der Waals surface area contributed by atoms with Gasteiger partial charge in [0.2, 0.25) is 10.0 Å². The Balaban J connectivity index is 0.000000221. The average Bonchev–Trinajstić information content (AvgIpc) is 3.12. The number of rotatable bonds is 8. The summed E-state index contributed by atoms with van der Waals surface area (Å²) in [5.41, 5.74) is 13.7. The zero-order valence-corrected chi connectivity index (χ0v) is 18.6. The first-order chi connectivity index (χ1) is 14.8. The number of sulfonamides is 1. The molecule has 6 N–H and O–H groups in total. The highest BCUT2D eigenvalue weighted by molar-refractivity contribution is 7.89. The van der Waals surface area contributed by atoms with Crippen LogP contribution in [0.1, 0.15) is 11.1 Å². The van der Waals surface area contributed by atoms with Crippen LogP contribution in [0, 0.1) is 6.92 Å². The molecule has 9 nitrogen and oxygen atoms in total. The Labute approximate surface area is 183 Å². The fourth-order valence-corrected chi connectivity index (χ4v) is 3.82. The van der Waals surface area contributed by atoms with Crippen LogP contribution >= 0.6 is 0 Å². The summed E-state index contributed by atoms with van der Waals surface area (Å²) in [7, 11) is -1.46. The monoisotopic (exact) mass is 443 g/mol. The molecule has 1 aromatic heterocycles. The van der Waals surface area contributed by atoms with Gasteiger partial charge in [-0.1, -0.05) is 36.4 Å². The van der Waals surface area contributed by atoms with Crippen molar-refractivity contribution < 1.29 is 8.42 Å². The van der Waals surface area contributed by atoms with Gasteiger partial charge >= 0.3 is 0 Å². The summed E-state index contributed by atoms with van der Waals surface area (Å²) in [5, 5.41) is 6.98. The molecule has 0 saturated carbocycles. The maximum Gasteiger partial charge on any atom is 0.240 e. The molecule has 0 bridgehead atoms. The highest BCUT2D eigenvalue weighted by atomic mass is 32.2. The van der Waals surface area contributed by atoms with Gasteiger partial charge in [0.15, 0.2) is 5.82 Å². The molecule has 0 unspecified atom stereocenters. The minimum Gasteiger partial charge on any atom is -0.384 e. The number of nitrogen functional groups attached to an aromatic ring is 1. The molecule has 3 rings (SSSR count). The number of nitrogens with two attached hydrogens (primary N) is 2. The Hall–Kier alpha value is -3.21. The van der Waals surface area contributed by atoms with Gasteiger partial charge in [-0.15, -0.1) is 0 Å². The zero-order valence-electron chi connectivity index (χ0n) is 17.7. The minimum atomic E-state index is -3.47. The lowest BCUT2D eigenvalue weighted by Gasteiger charge is -2.17. The normalized spacial score (nSPS) is 10.8. The summed E-state index contributed by atoms with van der Waals surface area (Å²) >= 11 is 0. The number of anilines is 2. The molecule has 0 atom stereocenters. The second kappa shape index (κ2) is 11.3. The predicted molar refractivity (Wildman–Crippen MR) is 126 cm³/mol. The van der Waals surface area contributed by atoms with Crippen LogP contribution in [0.15, 0.2) is 64.5 Å². The fraction of sp³-hybridized carbons (Fsp3) is 0.238. The van der Waals surface area contributed by atoms with Gasteiger partial charge in [0.25, 0.3) is 0 Å². The molecule has 2 aromatic carbocycles. The van der Waals surface area contributed by atoms with Gasteiger partial charge in [0.05, 0.1) is 10.6 Å². The van der Waals surface area contributed by atoms with Crippen molar-refractivity contribution >= 4 is 34.1 Å².